The maximum atomic E-state index is 12.0. The lowest BCUT2D eigenvalue weighted by atomic mass is 10.1. The van der Waals surface area contributed by atoms with Crippen LogP contribution in [0.5, 0.6) is 0 Å². The number of aromatic nitrogens is 3. The van der Waals surface area contributed by atoms with E-state index >= 15 is 0 Å². The van der Waals surface area contributed by atoms with Crippen molar-refractivity contribution in [1.82, 2.24) is 20.5 Å². The summed E-state index contributed by atoms with van der Waals surface area (Å²) in [5.74, 6) is 1.10. The van der Waals surface area contributed by atoms with Crippen molar-refractivity contribution in [3.63, 3.8) is 0 Å². The second kappa shape index (κ2) is 5.01. The van der Waals surface area contributed by atoms with Crippen LogP contribution in [-0.2, 0) is 11.3 Å². The lowest BCUT2D eigenvalue weighted by molar-refractivity contribution is -0.122. The van der Waals surface area contributed by atoms with E-state index in [1.807, 2.05) is 24.3 Å². The van der Waals surface area contributed by atoms with E-state index in [4.69, 9.17) is 11.6 Å². The summed E-state index contributed by atoms with van der Waals surface area (Å²) >= 11 is 5.85. The van der Waals surface area contributed by atoms with Gasteiger partial charge in [0.15, 0.2) is 0 Å². The number of carbonyl (C=O) groups is 1. The first kappa shape index (κ1) is 12.2. The minimum atomic E-state index is 0.0593. The van der Waals surface area contributed by atoms with Crippen molar-refractivity contribution in [1.29, 1.82) is 0 Å². The van der Waals surface area contributed by atoms with E-state index < -0.39 is 0 Å². The van der Waals surface area contributed by atoms with Crippen LogP contribution in [0.4, 0.5) is 0 Å². The molecule has 1 aliphatic rings. The van der Waals surface area contributed by atoms with E-state index in [0.717, 1.165) is 11.4 Å². The molecule has 1 heterocycles. The van der Waals surface area contributed by atoms with Gasteiger partial charge in [-0.3, -0.25) is 9.89 Å². The van der Waals surface area contributed by atoms with E-state index in [9.17, 15) is 4.79 Å². The van der Waals surface area contributed by atoms with E-state index in [2.05, 4.69) is 20.5 Å². The number of hydrogen-bond acceptors (Lipinski definition) is 3. The number of aromatic amines is 1. The highest BCUT2D eigenvalue weighted by Gasteiger charge is 2.43. The van der Waals surface area contributed by atoms with Gasteiger partial charge in [-0.05, 0) is 30.0 Å². The zero-order chi connectivity index (χ0) is 13.2. The van der Waals surface area contributed by atoms with Crippen LogP contribution in [0, 0.1) is 5.92 Å². The van der Waals surface area contributed by atoms with Crippen LogP contribution in [0.25, 0.3) is 0 Å². The minimum Gasteiger partial charge on any atom is -0.349 e. The Kier molecular flexibility index (Phi) is 3.21. The van der Waals surface area contributed by atoms with Crippen molar-refractivity contribution in [2.75, 3.05) is 0 Å². The Morgan fingerprint density at radius 2 is 2.21 bits per heavy atom. The standard InChI is InChI=1S/C13H13ClN4O/c14-9-3-1-8(2-4-9)10-5-11(10)13(19)15-6-12-16-7-17-18-12/h1-4,7,10-11H,5-6H2,(H,15,19)(H,16,17,18)/t10-,11-/m0/s1. The van der Waals surface area contributed by atoms with Gasteiger partial charge in [0, 0.05) is 10.9 Å². The molecule has 0 spiro atoms. The van der Waals surface area contributed by atoms with Gasteiger partial charge in [0.05, 0.1) is 6.54 Å². The van der Waals surface area contributed by atoms with Crippen LogP contribution in [0.2, 0.25) is 5.02 Å². The quantitative estimate of drug-likeness (QED) is 0.896. The molecule has 0 aliphatic heterocycles. The molecule has 6 heteroatoms. The molecule has 2 N–H and O–H groups in total. The molecule has 3 rings (SSSR count). The molecule has 1 aromatic heterocycles. The molecule has 1 saturated carbocycles. The van der Waals surface area contributed by atoms with Crippen molar-refractivity contribution >= 4 is 17.5 Å². The van der Waals surface area contributed by atoms with Gasteiger partial charge in [0.1, 0.15) is 12.2 Å². The van der Waals surface area contributed by atoms with Crippen LogP contribution in [0.3, 0.4) is 0 Å². The summed E-state index contributed by atoms with van der Waals surface area (Å²) in [4.78, 5) is 15.9. The minimum absolute atomic E-state index is 0.0593. The largest absolute Gasteiger partial charge is 0.349 e. The molecule has 98 valence electrons. The summed E-state index contributed by atoms with van der Waals surface area (Å²) in [5, 5.41) is 10.0. The first-order valence-electron chi connectivity index (χ1n) is 6.11. The molecule has 5 nitrogen and oxygen atoms in total. The summed E-state index contributed by atoms with van der Waals surface area (Å²) in [6.45, 7) is 0.392. The fourth-order valence-corrected chi connectivity index (χ4v) is 2.31. The SMILES string of the molecule is O=C(NCc1ncn[nH]1)[C@H]1C[C@H]1c1ccc(Cl)cc1. The third-order valence-electron chi connectivity index (χ3n) is 3.32. The predicted octanol–water partition coefficient (Wildman–Crippen LogP) is 1.88. The maximum absolute atomic E-state index is 12.0. The van der Waals surface area contributed by atoms with Gasteiger partial charge in [0.25, 0.3) is 0 Å². The highest BCUT2D eigenvalue weighted by molar-refractivity contribution is 6.30. The number of halogens is 1. The molecule has 0 radical (unpaired) electrons. The van der Waals surface area contributed by atoms with E-state index in [0.29, 0.717) is 18.3 Å². The van der Waals surface area contributed by atoms with Gasteiger partial charge < -0.3 is 5.32 Å². The molecule has 2 aromatic rings. The average Bonchev–Trinajstić information content (AvgIpc) is 3.05. The Morgan fingerprint density at radius 3 is 2.89 bits per heavy atom. The molecular weight excluding hydrogens is 264 g/mol. The van der Waals surface area contributed by atoms with Gasteiger partial charge in [-0.15, -0.1) is 0 Å². The molecule has 1 aromatic carbocycles. The summed E-state index contributed by atoms with van der Waals surface area (Å²) in [6, 6.07) is 7.69. The summed E-state index contributed by atoms with van der Waals surface area (Å²) in [6.07, 6.45) is 2.32. The Morgan fingerprint density at radius 1 is 1.42 bits per heavy atom. The highest BCUT2D eigenvalue weighted by Crippen LogP contribution is 2.47. The molecular formula is C13H13ClN4O. The maximum Gasteiger partial charge on any atom is 0.224 e. The Hall–Kier alpha value is -1.88. The Labute approximate surface area is 115 Å². The van der Waals surface area contributed by atoms with E-state index in [-0.39, 0.29) is 11.8 Å². The third kappa shape index (κ3) is 2.76. The van der Waals surface area contributed by atoms with Gasteiger partial charge in [-0.1, -0.05) is 23.7 Å². The molecule has 19 heavy (non-hydrogen) atoms. The molecule has 0 bridgehead atoms. The van der Waals surface area contributed by atoms with Crippen molar-refractivity contribution < 1.29 is 4.79 Å². The van der Waals surface area contributed by atoms with Crippen LogP contribution < -0.4 is 5.32 Å². The number of amides is 1. The lowest BCUT2D eigenvalue weighted by Crippen LogP contribution is -2.25. The third-order valence-corrected chi connectivity index (χ3v) is 3.57. The molecule has 1 aliphatic carbocycles. The van der Waals surface area contributed by atoms with Crippen molar-refractivity contribution in [3.8, 4) is 0 Å². The summed E-state index contributed by atoms with van der Waals surface area (Å²) in [5.41, 5.74) is 1.17. The fourth-order valence-electron chi connectivity index (χ4n) is 2.18. The zero-order valence-corrected chi connectivity index (χ0v) is 10.9. The molecule has 0 saturated heterocycles. The second-order valence-corrected chi connectivity index (χ2v) is 5.09. The topological polar surface area (TPSA) is 70.7 Å². The van der Waals surface area contributed by atoms with Gasteiger partial charge in [-0.2, -0.15) is 5.10 Å². The number of benzene rings is 1. The predicted molar refractivity (Wildman–Crippen MR) is 70.5 cm³/mol. The number of carbonyl (C=O) groups excluding carboxylic acids is 1. The molecule has 1 fully saturated rings. The zero-order valence-electron chi connectivity index (χ0n) is 10.1. The Balaban J connectivity index is 1.54. The summed E-state index contributed by atoms with van der Waals surface area (Å²) in [7, 11) is 0. The van der Waals surface area contributed by atoms with E-state index in [1.54, 1.807) is 0 Å². The van der Waals surface area contributed by atoms with Gasteiger partial charge >= 0.3 is 0 Å². The Bertz CT molecular complexity index is 567. The van der Waals surface area contributed by atoms with E-state index in [1.165, 1.54) is 11.9 Å². The lowest BCUT2D eigenvalue weighted by Gasteiger charge is -2.03. The van der Waals surface area contributed by atoms with Gasteiger partial charge in [-0.25, -0.2) is 4.98 Å². The monoisotopic (exact) mass is 276 g/mol. The first-order valence-corrected chi connectivity index (χ1v) is 6.49. The molecule has 1 amide bonds. The number of hydrogen-bond donors (Lipinski definition) is 2. The van der Waals surface area contributed by atoms with Crippen LogP contribution in [-0.4, -0.2) is 21.1 Å². The number of rotatable bonds is 4. The highest BCUT2D eigenvalue weighted by atomic mass is 35.5. The van der Waals surface area contributed by atoms with Crippen molar-refractivity contribution in [3.05, 3.63) is 47.0 Å². The van der Waals surface area contributed by atoms with Crippen molar-refractivity contribution in [2.45, 2.75) is 18.9 Å². The fraction of sp³-hybridized carbons (Fsp3) is 0.308. The van der Waals surface area contributed by atoms with Crippen LogP contribution in [0.1, 0.15) is 23.7 Å². The van der Waals surface area contributed by atoms with Crippen LogP contribution >= 0.6 is 11.6 Å². The van der Waals surface area contributed by atoms with Gasteiger partial charge in [0.2, 0.25) is 5.91 Å². The average molecular weight is 277 g/mol. The van der Waals surface area contributed by atoms with Crippen molar-refractivity contribution in [2.24, 2.45) is 5.92 Å². The molecule has 0 unspecified atom stereocenters. The smallest absolute Gasteiger partial charge is 0.224 e. The number of nitrogens with zero attached hydrogens (tertiary/aromatic N) is 2. The first-order chi connectivity index (χ1) is 9.24. The number of H-pyrrole nitrogens is 1. The number of nitrogens with one attached hydrogen (secondary N) is 2. The molecule has 2 atom stereocenters. The second-order valence-electron chi connectivity index (χ2n) is 4.65. The summed E-state index contributed by atoms with van der Waals surface area (Å²) < 4.78 is 0. The van der Waals surface area contributed by atoms with Crippen LogP contribution in [0.15, 0.2) is 30.6 Å². The normalized spacial score (nSPS) is 21.1.